The van der Waals surface area contributed by atoms with Gasteiger partial charge in [0.25, 0.3) is 5.56 Å². The number of imidazole rings is 1. The summed E-state index contributed by atoms with van der Waals surface area (Å²) in [6, 6.07) is 0.280. The lowest BCUT2D eigenvalue weighted by atomic mass is 9.48. The van der Waals surface area contributed by atoms with Crippen LogP contribution in [0.25, 0.3) is 11.2 Å². The number of carbonyl (C=O) groups is 1. The van der Waals surface area contributed by atoms with E-state index in [1.807, 2.05) is 4.57 Å². The van der Waals surface area contributed by atoms with E-state index in [2.05, 4.69) is 15.2 Å². The van der Waals surface area contributed by atoms with Crippen molar-refractivity contribution in [1.82, 2.24) is 29.0 Å². The molecule has 9 rings (SSSR count). The molecule has 4 aliphatic carbocycles. The monoisotopic (exact) mass is 533 g/mol. The number of fused-ring (bicyclic) bond motifs is 2. The van der Waals surface area contributed by atoms with Crippen molar-refractivity contribution in [2.45, 2.75) is 64.1 Å². The minimum atomic E-state index is -0.486. The molecule has 206 valence electrons. The zero-order chi connectivity index (χ0) is 26.5. The molecule has 0 aromatic carbocycles. The first-order valence-electron chi connectivity index (χ1n) is 14.5. The number of hydrogen-bond donors (Lipinski definition) is 1. The van der Waals surface area contributed by atoms with E-state index in [0.717, 1.165) is 49.9 Å². The van der Waals surface area contributed by atoms with E-state index in [1.54, 1.807) is 13.2 Å². The van der Waals surface area contributed by atoms with Crippen molar-refractivity contribution >= 4 is 22.9 Å². The Bertz CT molecular complexity index is 1550. The predicted molar refractivity (Wildman–Crippen MR) is 143 cm³/mol. The zero-order valence-electron chi connectivity index (χ0n) is 22.3. The second-order valence-electron chi connectivity index (χ2n) is 12.9. The smallest absolute Gasteiger partial charge is 0.332 e. The molecule has 2 saturated heterocycles. The molecule has 3 aromatic rings. The van der Waals surface area contributed by atoms with Crippen LogP contribution < -0.4 is 21.5 Å². The number of aromatic nitrogens is 5. The topological polar surface area (TPSA) is 120 Å². The second kappa shape index (κ2) is 8.39. The zero-order valence-corrected chi connectivity index (χ0v) is 22.3. The maximum Gasteiger partial charge on any atom is 0.332 e. The van der Waals surface area contributed by atoms with Crippen molar-refractivity contribution in [3.8, 4) is 0 Å². The Kier molecular flexibility index (Phi) is 5.09. The normalized spacial score (nSPS) is 32.9. The van der Waals surface area contributed by atoms with Gasteiger partial charge in [0.15, 0.2) is 16.9 Å². The van der Waals surface area contributed by atoms with E-state index in [-0.39, 0.29) is 30.3 Å². The van der Waals surface area contributed by atoms with Crippen LogP contribution in [-0.2, 0) is 24.9 Å². The number of nitrogens with one attached hydrogen (secondary N) is 1. The number of Topliss-reactive ketones (excluding diaryl/α,β-unsaturated/α-hetero) is 1. The average Bonchev–Trinajstić information content (AvgIpc) is 3.69. The minimum Gasteiger partial charge on any atom is -0.447 e. The highest BCUT2D eigenvalue weighted by Crippen LogP contribution is 2.60. The summed E-state index contributed by atoms with van der Waals surface area (Å²) in [6.45, 7) is 2.70. The second-order valence-corrected chi connectivity index (χ2v) is 12.9. The minimum absolute atomic E-state index is 0.0542. The fraction of sp³-hybridized carbons (Fsp3) is 0.679. The highest BCUT2D eigenvalue weighted by atomic mass is 16.3. The van der Waals surface area contributed by atoms with Gasteiger partial charge in [0.2, 0.25) is 11.8 Å². The van der Waals surface area contributed by atoms with E-state index < -0.39 is 11.2 Å². The van der Waals surface area contributed by atoms with E-state index in [4.69, 9.17) is 9.40 Å². The fourth-order valence-electron chi connectivity index (χ4n) is 9.20. The van der Waals surface area contributed by atoms with Crippen LogP contribution in [0.1, 0.15) is 50.8 Å². The Labute approximate surface area is 225 Å². The van der Waals surface area contributed by atoms with E-state index in [1.165, 1.54) is 30.1 Å². The molecule has 1 N–H and O–H groups in total. The van der Waals surface area contributed by atoms with Gasteiger partial charge in [-0.1, -0.05) is 0 Å². The third kappa shape index (κ3) is 3.47. The van der Waals surface area contributed by atoms with E-state index in [9.17, 15) is 14.4 Å². The first-order valence-corrected chi connectivity index (χ1v) is 14.5. The lowest BCUT2D eigenvalue weighted by Crippen LogP contribution is -2.52. The number of oxazole rings is 1. The molecule has 4 saturated carbocycles. The Balaban J connectivity index is 1.24. The Morgan fingerprint density at radius 2 is 1.85 bits per heavy atom. The van der Waals surface area contributed by atoms with Gasteiger partial charge in [0, 0.05) is 38.1 Å². The average molecular weight is 534 g/mol. The fourth-order valence-corrected chi connectivity index (χ4v) is 9.20. The number of aryl methyl sites for hydroxylation is 1. The van der Waals surface area contributed by atoms with Crippen molar-refractivity contribution in [3.63, 3.8) is 0 Å². The van der Waals surface area contributed by atoms with Crippen LogP contribution in [0.3, 0.4) is 0 Å². The highest BCUT2D eigenvalue weighted by Gasteiger charge is 2.54. The Morgan fingerprint density at radius 3 is 2.54 bits per heavy atom. The lowest BCUT2D eigenvalue weighted by molar-refractivity contribution is -0.144. The number of nitrogens with zero attached hydrogens (tertiary/aromatic N) is 6. The van der Waals surface area contributed by atoms with Gasteiger partial charge in [-0.15, -0.1) is 0 Å². The quantitative estimate of drug-likeness (QED) is 0.507. The summed E-state index contributed by atoms with van der Waals surface area (Å²) in [5, 5.41) is 3.47. The molecule has 39 heavy (non-hydrogen) atoms. The van der Waals surface area contributed by atoms with Gasteiger partial charge in [-0.05, 0) is 68.6 Å². The van der Waals surface area contributed by atoms with Crippen LogP contribution in [0, 0.1) is 29.1 Å². The summed E-state index contributed by atoms with van der Waals surface area (Å²) in [5.41, 5.74) is -0.675. The van der Waals surface area contributed by atoms with E-state index in [0.29, 0.717) is 46.7 Å². The molecule has 2 unspecified atom stereocenters. The van der Waals surface area contributed by atoms with Gasteiger partial charge >= 0.3 is 5.69 Å². The van der Waals surface area contributed by atoms with Crippen LogP contribution >= 0.6 is 0 Å². The van der Waals surface area contributed by atoms with Crippen LogP contribution in [0.15, 0.2) is 26.5 Å². The van der Waals surface area contributed by atoms with Crippen LogP contribution in [0.2, 0.25) is 0 Å². The summed E-state index contributed by atoms with van der Waals surface area (Å²) < 4.78 is 9.99. The molecule has 0 spiro atoms. The molecule has 4 bridgehead atoms. The number of hydrogen-bond acceptors (Lipinski definition) is 8. The molecule has 6 fully saturated rings. The molecular weight excluding hydrogens is 498 g/mol. The van der Waals surface area contributed by atoms with Crippen molar-refractivity contribution in [2.75, 3.05) is 24.5 Å². The first kappa shape index (κ1) is 23.7. The van der Waals surface area contributed by atoms with Crippen LogP contribution in [0.4, 0.5) is 5.95 Å². The van der Waals surface area contributed by atoms with E-state index >= 15 is 0 Å². The number of rotatable bonds is 6. The summed E-state index contributed by atoms with van der Waals surface area (Å²) >= 11 is 0. The largest absolute Gasteiger partial charge is 0.447 e. The molecule has 2 aliphatic heterocycles. The summed E-state index contributed by atoms with van der Waals surface area (Å²) in [7, 11) is 1.64. The maximum absolute atomic E-state index is 14.1. The third-order valence-corrected chi connectivity index (χ3v) is 10.6. The van der Waals surface area contributed by atoms with Crippen LogP contribution in [-0.4, -0.2) is 55.1 Å². The van der Waals surface area contributed by atoms with Gasteiger partial charge in [-0.2, -0.15) is 4.98 Å². The Hall–Kier alpha value is -3.21. The maximum atomic E-state index is 14.1. The molecule has 5 heterocycles. The number of carbonyl (C=O) groups excluding carboxylic acids is 1. The summed E-state index contributed by atoms with van der Waals surface area (Å²) in [6.07, 6.45) is 10.6. The summed E-state index contributed by atoms with van der Waals surface area (Å²) in [5.74, 6) is 3.53. The summed E-state index contributed by atoms with van der Waals surface area (Å²) in [4.78, 5) is 53.1. The van der Waals surface area contributed by atoms with Crippen LogP contribution in [0.5, 0.6) is 0 Å². The van der Waals surface area contributed by atoms with Gasteiger partial charge in [0.05, 0.1) is 12.7 Å². The molecular formula is C28H35N7O4. The molecule has 11 nitrogen and oxygen atoms in total. The SMILES string of the molecule is Cn1c(=O)n(CC(=O)C23CC4CC(CC(C4)C2)C3)c(=O)c2c1nc(N1CCC3CNCC31)n2Cc1ncco1. The molecule has 0 amide bonds. The van der Waals surface area contributed by atoms with Gasteiger partial charge in [-0.25, -0.2) is 9.78 Å². The molecule has 0 radical (unpaired) electrons. The molecule has 2 atom stereocenters. The van der Waals surface area contributed by atoms with Crippen molar-refractivity contribution in [1.29, 1.82) is 0 Å². The third-order valence-electron chi connectivity index (χ3n) is 10.6. The standard InChI is InChI=1S/C28H35N7O4/c1-32-24-23(34(15-22-30-3-5-39-22)26(31-24)33-4-2-19-12-29-13-20(19)33)25(37)35(27(32)38)14-21(36)28-9-16-6-17(10-28)8-18(7-16)11-28/h3,5,16-20,29H,2,4,6-15H2,1H3. The molecule has 6 aliphatic rings. The predicted octanol–water partition coefficient (Wildman–Crippen LogP) is 1.52. The first-order chi connectivity index (χ1) is 18.9. The Morgan fingerprint density at radius 1 is 1.10 bits per heavy atom. The van der Waals surface area contributed by atoms with Crippen molar-refractivity contribution in [2.24, 2.45) is 36.1 Å². The van der Waals surface area contributed by atoms with Crippen molar-refractivity contribution in [3.05, 3.63) is 39.2 Å². The highest BCUT2D eigenvalue weighted by molar-refractivity contribution is 5.85. The van der Waals surface area contributed by atoms with Crippen molar-refractivity contribution < 1.29 is 9.21 Å². The number of anilines is 1. The lowest BCUT2D eigenvalue weighted by Gasteiger charge is -2.56. The number of ketones is 1. The molecule has 3 aromatic heterocycles. The van der Waals surface area contributed by atoms with Gasteiger partial charge in [-0.3, -0.25) is 23.3 Å². The van der Waals surface area contributed by atoms with Gasteiger partial charge < -0.3 is 14.6 Å². The van der Waals surface area contributed by atoms with Gasteiger partial charge in [0.1, 0.15) is 12.8 Å². The molecule has 11 heteroatoms.